The maximum absolute atomic E-state index is 12.7. The number of fused-ring (bicyclic) bond motifs is 1. The summed E-state index contributed by atoms with van der Waals surface area (Å²) < 4.78 is 12.5. The van der Waals surface area contributed by atoms with Gasteiger partial charge in [0, 0.05) is 6.61 Å². The van der Waals surface area contributed by atoms with E-state index >= 15 is 0 Å². The van der Waals surface area contributed by atoms with Gasteiger partial charge < -0.3 is 9.47 Å². The van der Waals surface area contributed by atoms with Crippen LogP contribution in [0.3, 0.4) is 0 Å². The Morgan fingerprint density at radius 2 is 2.19 bits per heavy atom. The Kier molecular flexibility index (Phi) is 4.86. The first-order valence-corrected chi connectivity index (χ1v) is 9.53. The summed E-state index contributed by atoms with van der Waals surface area (Å²) in [6.45, 7) is 3.26. The average Bonchev–Trinajstić information content (AvgIpc) is 3.30. The van der Waals surface area contributed by atoms with Gasteiger partial charge in [-0.2, -0.15) is 0 Å². The number of hydrogen-bond donors (Lipinski definition) is 1. The molecule has 6 heteroatoms. The van der Waals surface area contributed by atoms with Gasteiger partial charge in [-0.05, 0) is 43.5 Å². The van der Waals surface area contributed by atoms with E-state index in [9.17, 15) is 4.79 Å². The molecule has 1 N–H and O–H groups in total. The number of aromatic nitrogens is 1. The van der Waals surface area contributed by atoms with E-state index in [1.54, 1.807) is 6.07 Å². The number of anilines is 1. The van der Waals surface area contributed by atoms with Crippen LogP contribution in [-0.4, -0.2) is 30.2 Å². The molecule has 2 aromatic carbocycles. The summed E-state index contributed by atoms with van der Waals surface area (Å²) in [7, 11) is 0. The highest BCUT2D eigenvalue weighted by Gasteiger charge is 2.19. The molecule has 0 spiro atoms. The van der Waals surface area contributed by atoms with Gasteiger partial charge in [0.15, 0.2) is 5.13 Å². The Balaban J connectivity index is 1.50. The lowest BCUT2D eigenvalue weighted by Gasteiger charge is -2.14. The molecule has 1 amide bonds. The predicted octanol–water partition coefficient (Wildman–Crippen LogP) is 4.41. The minimum absolute atomic E-state index is 0.110. The van der Waals surface area contributed by atoms with Crippen molar-refractivity contribution in [2.75, 3.05) is 18.5 Å². The fraction of sp³-hybridized carbons (Fsp3) is 0.300. The van der Waals surface area contributed by atoms with Crippen molar-refractivity contribution in [3.63, 3.8) is 0 Å². The van der Waals surface area contributed by atoms with Crippen molar-refractivity contribution >= 4 is 32.6 Å². The largest absolute Gasteiger partial charge is 0.490 e. The predicted molar refractivity (Wildman–Crippen MR) is 103 cm³/mol. The Labute approximate surface area is 156 Å². The molecule has 0 radical (unpaired) electrons. The van der Waals surface area contributed by atoms with Crippen LogP contribution in [0.15, 0.2) is 42.5 Å². The van der Waals surface area contributed by atoms with Crippen molar-refractivity contribution in [3.8, 4) is 5.75 Å². The molecule has 0 saturated carbocycles. The third-order valence-electron chi connectivity index (χ3n) is 4.42. The summed E-state index contributed by atoms with van der Waals surface area (Å²) in [6.07, 6.45) is 2.17. The summed E-state index contributed by atoms with van der Waals surface area (Å²) in [6, 6.07) is 13.3. The van der Waals surface area contributed by atoms with E-state index < -0.39 is 0 Å². The topological polar surface area (TPSA) is 60.5 Å². The zero-order chi connectivity index (χ0) is 17.9. The number of hydrogen-bond acceptors (Lipinski definition) is 5. The van der Waals surface area contributed by atoms with Crippen LogP contribution in [0.25, 0.3) is 10.2 Å². The number of carbonyl (C=O) groups is 1. The van der Waals surface area contributed by atoms with Gasteiger partial charge in [-0.25, -0.2) is 4.98 Å². The Bertz CT molecular complexity index is 932. The van der Waals surface area contributed by atoms with Gasteiger partial charge in [-0.3, -0.25) is 10.1 Å². The summed E-state index contributed by atoms with van der Waals surface area (Å²) in [5.74, 6) is 0.349. The normalized spacial score (nSPS) is 16.7. The molecule has 1 unspecified atom stereocenters. The highest BCUT2D eigenvalue weighted by atomic mass is 32.1. The minimum Gasteiger partial charge on any atom is -0.490 e. The van der Waals surface area contributed by atoms with Gasteiger partial charge in [-0.15, -0.1) is 0 Å². The molecule has 1 aliphatic rings. The van der Waals surface area contributed by atoms with Crippen molar-refractivity contribution in [2.24, 2.45) is 0 Å². The molecule has 1 fully saturated rings. The summed E-state index contributed by atoms with van der Waals surface area (Å²) >= 11 is 1.47. The molecular weight excluding hydrogens is 348 g/mol. The third kappa shape index (κ3) is 3.57. The number of nitrogens with one attached hydrogen (secondary N) is 1. The number of rotatable bonds is 5. The van der Waals surface area contributed by atoms with Crippen molar-refractivity contribution < 1.29 is 14.3 Å². The van der Waals surface area contributed by atoms with Crippen LogP contribution in [0, 0.1) is 6.92 Å². The SMILES string of the molecule is Cc1cccc2sc(NC(=O)c3ccccc3OCC3CCCO3)nc12. The first-order chi connectivity index (χ1) is 12.7. The number of ether oxygens (including phenoxy) is 2. The van der Waals surface area contributed by atoms with E-state index in [-0.39, 0.29) is 12.0 Å². The second-order valence-electron chi connectivity index (χ2n) is 6.34. The Morgan fingerprint density at radius 1 is 1.31 bits per heavy atom. The van der Waals surface area contributed by atoms with Gasteiger partial charge in [0.05, 0.1) is 21.9 Å². The number of para-hydroxylation sites is 2. The molecule has 3 aromatic rings. The van der Waals surface area contributed by atoms with Crippen LogP contribution in [0.4, 0.5) is 5.13 Å². The lowest BCUT2D eigenvalue weighted by atomic mass is 10.2. The maximum atomic E-state index is 12.7. The zero-order valence-corrected chi connectivity index (χ0v) is 15.3. The molecule has 1 atom stereocenters. The second-order valence-corrected chi connectivity index (χ2v) is 7.37. The number of amides is 1. The molecule has 26 heavy (non-hydrogen) atoms. The van der Waals surface area contributed by atoms with Gasteiger partial charge in [0.25, 0.3) is 5.91 Å². The van der Waals surface area contributed by atoms with Crippen LogP contribution in [0.1, 0.15) is 28.8 Å². The molecule has 0 aliphatic carbocycles. The van der Waals surface area contributed by atoms with Crippen molar-refractivity contribution in [2.45, 2.75) is 25.9 Å². The summed E-state index contributed by atoms with van der Waals surface area (Å²) in [5.41, 5.74) is 2.52. The van der Waals surface area contributed by atoms with Gasteiger partial charge in [0.2, 0.25) is 0 Å². The van der Waals surface area contributed by atoms with E-state index in [1.807, 2.05) is 43.3 Å². The second kappa shape index (κ2) is 7.43. The van der Waals surface area contributed by atoms with E-state index in [4.69, 9.17) is 9.47 Å². The van der Waals surface area contributed by atoms with Crippen LogP contribution in [-0.2, 0) is 4.74 Å². The quantitative estimate of drug-likeness (QED) is 0.724. The van der Waals surface area contributed by atoms with E-state index in [0.717, 1.165) is 35.2 Å². The summed E-state index contributed by atoms with van der Waals surface area (Å²) in [5, 5.41) is 3.49. The van der Waals surface area contributed by atoms with Crippen LogP contribution in [0.5, 0.6) is 5.75 Å². The average molecular weight is 368 g/mol. The first kappa shape index (κ1) is 17.0. The lowest BCUT2D eigenvalue weighted by Crippen LogP contribution is -2.19. The Hall–Kier alpha value is -2.44. The van der Waals surface area contributed by atoms with E-state index in [1.165, 1.54) is 11.3 Å². The number of thiazole rings is 1. The number of carbonyl (C=O) groups excluding carboxylic acids is 1. The van der Waals surface area contributed by atoms with Gasteiger partial charge in [-0.1, -0.05) is 35.6 Å². The van der Waals surface area contributed by atoms with Gasteiger partial charge >= 0.3 is 0 Å². The van der Waals surface area contributed by atoms with Crippen molar-refractivity contribution in [1.82, 2.24) is 4.98 Å². The molecule has 1 aromatic heterocycles. The highest BCUT2D eigenvalue weighted by molar-refractivity contribution is 7.22. The minimum atomic E-state index is -0.218. The standard InChI is InChI=1S/C20H20N2O3S/c1-13-6-4-10-17-18(13)21-20(26-17)22-19(23)15-8-2-3-9-16(15)25-12-14-7-5-11-24-14/h2-4,6,8-10,14H,5,7,11-12H2,1H3,(H,21,22,23). The fourth-order valence-electron chi connectivity index (χ4n) is 3.04. The van der Waals surface area contributed by atoms with Crippen LogP contribution in [0.2, 0.25) is 0 Å². The summed E-state index contributed by atoms with van der Waals surface area (Å²) in [4.78, 5) is 17.3. The zero-order valence-electron chi connectivity index (χ0n) is 14.5. The number of benzene rings is 2. The fourth-order valence-corrected chi connectivity index (χ4v) is 3.98. The van der Waals surface area contributed by atoms with Crippen molar-refractivity contribution in [1.29, 1.82) is 0 Å². The number of nitrogens with zero attached hydrogens (tertiary/aromatic N) is 1. The number of aryl methyl sites for hydroxylation is 1. The smallest absolute Gasteiger partial charge is 0.261 e. The lowest BCUT2D eigenvalue weighted by molar-refractivity contribution is 0.0673. The highest BCUT2D eigenvalue weighted by Crippen LogP contribution is 2.29. The molecule has 2 heterocycles. The van der Waals surface area contributed by atoms with Crippen LogP contribution >= 0.6 is 11.3 Å². The molecular formula is C20H20N2O3S. The van der Waals surface area contributed by atoms with Gasteiger partial charge in [0.1, 0.15) is 12.4 Å². The van der Waals surface area contributed by atoms with Crippen molar-refractivity contribution in [3.05, 3.63) is 53.6 Å². The van der Waals surface area contributed by atoms with E-state index in [0.29, 0.717) is 23.1 Å². The van der Waals surface area contributed by atoms with E-state index in [2.05, 4.69) is 10.3 Å². The third-order valence-corrected chi connectivity index (χ3v) is 5.36. The first-order valence-electron chi connectivity index (χ1n) is 8.71. The molecule has 1 saturated heterocycles. The maximum Gasteiger partial charge on any atom is 0.261 e. The molecule has 0 bridgehead atoms. The molecule has 5 nitrogen and oxygen atoms in total. The molecule has 134 valence electrons. The Morgan fingerprint density at radius 3 is 3.00 bits per heavy atom. The molecule has 4 rings (SSSR count). The molecule has 1 aliphatic heterocycles. The van der Waals surface area contributed by atoms with Crippen LogP contribution < -0.4 is 10.1 Å². The monoisotopic (exact) mass is 368 g/mol.